The molecule has 0 aliphatic carbocycles. The first-order valence-corrected chi connectivity index (χ1v) is 8.24. The smallest absolute Gasteiger partial charge is 0.230 e. The van der Waals surface area contributed by atoms with Crippen LogP contribution in [-0.2, 0) is 0 Å². The van der Waals surface area contributed by atoms with E-state index in [9.17, 15) is 4.79 Å². The van der Waals surface area contributed by atoms with E-state index >= 15 is 0 Å². The number of rotatable bonds is 3. The minimum Gasteiger partial charge on any atom is -0.281 e. The highest BCUT2D eigenvalue weighted by atomic mass is 33.1. The van der Waals surface area contributed by atoms with Crippen molar-refractivity contribution in [2.45, 2.75) is 25.7 Å². The lowest BCUT2D eigenvalue weighted by atomic mass is 10.0. The molecule has 0 aromatic heterocycles. The van der Waals surface area contributed by atoms with E-state index in [-0.39, 0.29) is 5.12 Å². The van der Waals surface area contributed by atoms with Crippen LogP contribution in [0.4, 0.5) is 0 Å². The van der Waals surface area contributed by atoms with Gasteiger partial charge in [-0.05, 0) is 65.6 Å². The lowest BCUT2D eigenvalue weighted by molar-refractivity contribution is 0.108. The van der Waals surface area contributed by atoms with Crippen LogP contribution in [0.15, 0.2) is 47.4 Å². The van der Waals surface area contributed by atoms with E-state index in [4.69, 9.17) is 0 Å². The molecule has 0 heterocycles. The fourth-order valence-corrected chi connectivity index (χ4v) is 4.05. The van der Waals surface area contributed by atoms with Crippen LogP contribution in [-0.4, -0.2) is 5.12 Å². The van der Waals surface area contributed by atoms with Gasteiger partial charge in [-0.2, -0.15) is 0 Å². The highest BCUT2D eigenvalue weighted by Gasteiger charge is 2.14. The maximum Gasteiger partial charge on any atom is 0.230 e. The van der Waals surface area contributed by atoms with Gasteiger partial charge in [0.25, 0.3) is 0 Å². The van der Waals surface area contributed by atoms with Crippen molar-refractivity contribution in [3.63, 3.8) is 0 Å². The zero-order valence-corrected chi connectivity index (χ0v) is 12.9. The van der Waals surface area contributed by atoms with Crippen LogP contribution in [0.2, 0.25) is 0 Å². The largest absolute Gasteiger partial charge is 0.281 e. The normalized spacial score (nSPS) is 10.5. The first-order valence-electron chi connectivity index (χ1n) is 6.09. The van der Waals surface area contributed by atoms with Crippen molar-refractivity contribution in [1.29, 1.82) is 0 Å². The van der Waals surface area contributed by atoms with Crippen LogP contribution in [0.1, 0.15) is 27.0 Å². The van der Waals surface area contributed by atoms with Crippen LogP contribution in [0.3, 0.4) is 0 Å². The Labute approximate surface area is 122 Å². The second kappa shape index (κ2) is 6.31. The summed E-state index contributed by atoms with van der Waals surface area (Å²) < 4.78 is 0. The van der Waals surface area contributed by atoms with E-state index in [1.165, 1.54) is 27.2 Å². The van der Waals surface area contributed by atoms with Gasteiger partial charge in [0.1, 0.15) is 0 Å². The molecule has 0 saturated heterocycles. The monoisotopic (exact) mass is 288 g/mol. The van der Waals surface area contributed by atoms with Gasteiger partial charge in [-0.25, -0.2) is 0 Å². The van der Waals surface area contributed by atoms with Crippen LogP contribution in [0.25, 0.3) is 0 Å². The lowest BCUT2D eigenvalue weighted by Crippen LogP contribution is -2.00. The molecule has 1 nitrogen and oxygen atoms in total. The molecule has 3 heteroatoms. The molecule has 0 radical (unpaired) electrons. The summed E-state index contributed by atoms with van der Waals surface area (Å²) in [6.07, 6.45) is 0. The van der Waals surface area contributed by atoms with Crippen molar-refractivity contribution in [1.82, 2.24) is 0 Å². The van der Waals surface area contributed by atoms with E-state index in [1.54, 1.807) is 0 Å². The zero-order chi connectivity index (χ0) is 13.8. The standard InChI is InChI=1S/C16H16OS2/c1-11-9-12(2)15(13(3)10-11)16(17)19-18-14-7-5-4-6-8-14/h4-10H,1-3H3. The Hall–Kier alpha value is -1.19. The Morgan fingerprint density at radius 2 is 1.53 bits per heavy atom. The third-order valence-electron chi connectivity index (χ3n) is 2.84. The van der Waals surface area contributed by atoms with E-state index in [2.05, 4.69) is 19.1 Å². The Kier molecular flexibility index (Phi) is 4.72. The highest BCUT2D eigenvalue weighted by molar-refractivity contribution is 8.82. The third kappa shape index (κ3) is 3.64. The molecular weight excluding hydrogens is 272 g/mol. The summed E-state index contributed by atoms with van der Waals surface area (Å²) in [6, 6.07) is 14.1. The van der Waals surface area contributed by atoms with Crippen molar-refractivity contribution >= 4 is 26.7 Å². The summed E-state index contributed by atoms with van der Waals surface area (Å²) in [5.74, 6) is 0. The third-order valence-corrected chi connectivity index (χ3v) is 5.02. The van der Waals surface area contributed by atoms with E-state index in [1.807, 2.05) is 44.2 Å². The number of carbonyl (C=O) groups is 1. The lowest BCUT2D eigenvalue weighted by Gasteiger charge is -2.09. The summed E-state index contributed by atoms with van der Waals surface area (Å²) in [5.41, 5.74) is 4.17. The molecular formula is C16H16OS2. The Bertz CT molecular complexity index is 568. The van der Waals surface area contributed by atoms with Crippen LogP contribution in [0, 0.1) is 20.8 Å². The average molecular weight is 288 g/mol. The Morgan fingerprint density at radius 3 is 2.11 bits per heavy atom. The second-order valence-electron chi connectivity index (χ2n) is 4.54. The maximum atomic E-state index is 12.3. The Morgan fingerprint density at radius 1 is 0.947 bits per heavy atom. The van der Waals surface area contributed by atoms with Crippen molar-refractivity contribution in [3.05, 3.63) is 64.7 Å². The fraction of sp³-hybridized carbons (Fsp3) is 0.188. The highest BCUT2D eigenvalue weighted by Crippen LogP contribution is 2.35. The van der Waals surface area contributed by atoms with Crippen molar-refractivity contribution < 1.29 is 4.79 Å². The quantitative estimate of drug-likeness (QED) is 0.723. The minimum atomic E-state index is 0.129. The Balaban J connectivity index is 2.13. The fourth-order valence-electron chi connectivity index (χ4n) is 2.11. The maximum absolute atomic E-state index is 12.3. The predicted octanol–water partition coefficient (Wildman–Crippen LogP) is 5.19. The average Bonchev–Trinajstić information content (AvgIpc) is 2.36. The molecule has 0 atom stereocenters. The first-order chi connectivity index (χ1) is 9.08. The van der Waals surface area contributed by atoms with Gasteiger partial charge in [0.15, 0.2) is 0 Å². The van der Waals surface area contributed by atoms with Crippen molar-refractivity contribution in [2.24, 2.45) is 0 Å². The zero-order valence-electron chi connectivity index (χ0n) is 11.3. The van der Waals surface area contributed by atoms with Gasteiger partial charge in [0.2, 0.25) is 5.12 Å². The molecule has 2 aromatic carbocycles. The molecule has 0 fully saturated rings. The molecule has 0 N–H and O–H groups in total. The molecule has 0 aliphatic heterocycles. The number of benzene rings is 2. The van der Waals surface area contributed by atoms with Gasteiger partial charge >= 0.3 is 0 Å². The molecule has 0 bridgehead atoms. The first kappa shape index (κ1) is 14.2. The molecule has 19 heavy (non-hydrogen) atoms. The molecule has 0 saturated carbocycles. The molecule has 0 spiro atoms. The van der Waals surface area contributed by atoms with Gasteiger partial charge in [0.05, 0.1) is 0 Å². The van der Waals surface area contributed by atoms with Gasteiger partial charge in [0, 0.05) is 10.5 Å². The SMILES string of the molecule is Cc1cc(C)c(C(=O)SSc2ccccc2)c(C)c1. The topological polar surface area (TPSA) is 17.1 Å². The summed E-state index contributed by atoms with van der Waals surface area (Å²) in [5, 5.41) is 0.129. The van der Waals surface area contributed by atoms with E-state index in [0.717, 1.165) is 21.6 Å². The molecule has 2 rings (SSSR count). The number of carbonyl (C=O) groups excluding carboxylic acids is 1. The summed E-state index contributed by atoms with van der Waals surface area (Å²) in [4.78, 5) is 13.4. The molecule has 0 amide bonds. The predicted molar refractivity (Wildman–Crippen MR) is 84.9 cm³/mol. The van der Waals surface area contributed by atoms with Gasteiger partial charge in [-0.15, -0.1) is 0 Å². The number of hydrogen-bond donors (Lipinski definition) is 0. The molecule has 2 aromatic rings. The van der Waals surface area contributed by atoms with Gasteiger partial charge < -0.3 is 0 Å². The summed E-state index contributed by atoms with van der Waals surface area (Å²) in [6.45, 7) is 6.06. The minimum absolute atomic E-state index is 0.129. The molecule has 0 unspecified atom stereocenters. The second-order valence-corrected chi connectivity index (χ2v) is 6.72. The summed E-state index contributed by atoms with van der Waals surface area (Å²) in [7, 11) is 2.81. The van der Waals surface area contributed by atoms with Crippen molar-refractivity contribution in [2.75, 3.05) is 0 Å². The molecule has 98 valence electrons. The van der Waals surface area contributed by atoms with Gasteiger partial charge in [-0.1, -0.05) is 35.9 Å². The number of hydrogen-bond acceptors (Lipinski definition) is 3. The van der Waals surface area contributed by atoms with E-state index < -0.39 is 0 Å². The van der Waals surface area contributed by atoms with Crippen molar-refractivity contribution in [3.8, 4) is 0 Å². The number of aryl methyl sites for hydroxylation is 3. The van der Waals surface area contributed by atoms with E-state index in [0.29, 0.717) is 0 Å². The van der Waals surface area contributed by atoms with Crippen LogP contribution < -0.4 is 0 Å². The van der Waals surface area contributed by atoms with Crippen LogP contribution >= 0.6 is 21.6 Å². The van der Waals surface area contributed by atoms with Crippen LogP contribution in [0.5, 0.6) is 0 Å². The molecule has 0 aliphatic rings. The van der Waals surface area contributed by atoms with Gasteiger partial charge in [-0.3, -0.25) is 4.79 Å². The summed E-state index contributed by atoms with van der Waals surface area (Å²) >= 11 is 0.